The van der Waals surface area contributed by atoms with Gasteiger partial charge in [0.15, 0.2) is 0 Å². The van der Waals surface area contributed by atoms with E-state index in [0.717, 1.165) is 6.07 Å². The van der Waals surface area contributed by atoms with Crippen LogP contribution in [0.1, 0.15) is 34.6 Å². The molecule has 0 radical (unpaired) electrons. The van der Waals surface area contributed by atoms with Crippen LogP contribution in [0.4, 0.5) is 13.2 Å². The van der Waals surface area contributed by atoms with Gasteiger partial charge in [-0.1, -0.05) is 23.4 Å². The Bertz CT molecular complexity index is 605. The summed E-state index contributed by atoms with van der Waals surface area (Å²) in [6.07, 6.45) is -4.62. The van der Waals surface area contributed by atoms with E-state index < -0.39 is 17.5 Å². The molecule has 19 heavy (non-hydrogen) atoms. The van der Waals surface area contributed by atoms with Gasteiger partial charge in [-0.3, -0.25) is 4.79 Å². The van der Waals surface area contributed by atoms with Crippen molar-refractivity contribution in [3.8, 4) is 0 Å². The fourth-order valence-electron chi connectivity index (χ4n) is 1.58. The van der Waals surface area contributed by atoms with Gasteiger partial charge in [-0.2, -0.15) is 18.2 Å². The highest BCUT2D eigenvalue weighted by atomic mass is 19.4. The monoisotopic (exact) mass is 270 g/mol. The van der Waals surface area contributed by atoms with Gasteiger partial charge in [0, 0.05) is 6.92 Å². The number of hydrogen-bond acceptors (Lipinski definition) is 4. The number of halogens is 3. The maximum Gasteiger partial charge on any atom is 0.416 e. The van der Waals surface area contributed by atoms with Crippen LogP contribution in [-0.2, 0) is 12.6 Å². The molecular formula is C12H9F3N2O2. The van der Waals surface area contributed by atoms with Gasteiger partial charge < -0.3 is 4.52 Å². The van der Waals surface area contributed by atoms with Gasteiger partial charge in [0.25, 0.3) is 0 Å². The molecule has 0 unspecified atom stereocenters. The van der Waals surface area contributed by atoms with Crippen molar-refractivity contribution in [1.82, 2.24) is 10.1 Å². The molecule has 100 valence electrons. The maximum absolute atomic E-state index is 12.8. The van der Waals surface area contributed by atoms with Crippen molar-refractivity contribution in [2.45, 2.75) is 19.5 Å². The van der Waals surface area contributed by atoms with Gasteiger partial charge in [-0.05, 0) is 11.6 Å². The molecule has 1 aromatic carbocycles. The van der Waals surface area contributed by atoms with E-state index in [0.29, 0.717) is 0 Å². The number of benzene rings is 1. The molecule has 0 spiro atoms. The summed E-state index contributed by atoms with van der Waals surface area (Å²) < 4.78 is 43.0. The first kappa shape index (κ1) is 13.3. The molecule has 0 saturated carbocycles. The molecule has 2 rings (SSSR count). The Balaban J connectivity index is 2.30. The molecule has 1 heterocycles. The molecule has 0 saturated heterocycles. The second-order valence-corrected chi connectivity index (χ2v) is 3.90. The minimum atomic E-state index is -4.44. The van der Waals surface area contributed by atoms with E-state index in [1.54, 1.807) is 0 Å². The predicted octanol–water partition coefficient (Wildman–Crippen LogP) is 2.88. The fourth-order valence-corrected chi connectivity index (χ4v) is 1.58. The van der Waals surface area contributed by atoms with Crippen LogP contribution >= 0.6 is 0 Å². The van der Waals surface area contributed by atoms with Gasteiger partial charge in [0.2, 0.25) is 17.5 Å². The molecule has 0 aliphatic rings. The molecule has 0 aliphatic carbocycles. The van der Waals surface area contributed by atoms with Crippen molar-refractivity contribution in [2.75, 3.05) is 0 Å². The van der Waals surface area contributed by atoms with Crippen LogP contribution in [0.2, 0.25) is 0 Å². The zero-order valence-electron chi connectivity index (χ0n) is 9.86. The van der Waals surface area contributed by atoms with Gasteiger partial charge >= 0.3 is 6.18 Å². The summed E-state index contributed by atoms with van der Waals surface area (Å²) in [5, 5.41) is 3.39. The van der Waals surface area contributed by atoms with Crippen LogP contribution in [0.5, 0.6) is 0 Å². The summed E-state index contributed by atoms with van der Waals surface area (Å²) >= 11 is 0. The Hall–Kier alpha value is -2.18. The molecule has 0 atom stereocenters. The topological polar surface area (TPSA) is 56.0 Å². The standard InChI is InChI=1S/C12H9F3N2O2/c1-7(18)11-16-10(19-17-11)6-8-4-2-3-5-9(8)12(13,14)15/h2-5H,6H2,1H3. The lowest BCUT2D eigenvalue weighted by molar-refractivity contribution is -0.138. The van der Waals surface area contributed by atoms with E-state index >= 15 is 0 Å². The van der Waals surface area contributed by atoms with Crippen molar-refractivity contribution >= 4 is 5.78 Å². The molecule has 1 aromatic heterocycles. The minimum absolute atomic E-state index is 0.0220. The summed E-state index contributed by atoms with van der Waals surface area (Å²) in [4.78, 5) is 14.7. The van der Waals surface area contributed by atoms with E-state index in [1.807, 2.05) is 0 Å². The highest BCUT2D eigenvalue weighted by Gasteiger charge is 2.33. The first-order valence-corrected chi connectivity index (χ1v) is 5.36. The summed E-state index contributed by atoms with van der Waals surface area (Å²) in [5.41, 5.74) is -0.730. The van der Waals surface area contributed by atoms with Gasteiger partial charge in [0.05, 0.1) is 12.0 Å². The van der Waals surface area contributed by atoms with Crippen LogP contribution < -0.4 is 0 Å². The smallest absolute Gasteiger partial charge is 0.339 e. The van der Waals surface area contributed by atoms with Crippen molar-refractivity contribution in [2.24, 2.45) is 0 Å². The third-order valence-corrected chi connectivity index (χ3v) is 2.45. The number of carbonyl (C=O) groups is 1. The van der Waals surface area contributed by atoms with Crippen molar-refractivity contribution < 1.29 is 22.5 Å². The average molecular weight is 270 g/mol. The van der Waals surface area contributed by atoms with Crippen LogP contribution in [0.15, 0.2) is 28.8 Å². The number of rotatable bonds is 3. The van der Waals surface area contributed by atoms with E-state index in [2.05, 4.69) is 10.1 Å². The van der Waals surface area contributed by atoms with Crippen LogP contribution in [-0.4, -0.2) is 15.9 Å². The molecule has 0 amide bonds. The van der Waals surface area contributed by atoms with Gasteiger partial charge in [-0.25, -0.2) is 0 Å². The van der Waals surface area contributed by atoms with Crippen LogP contribution in [0, 0.1) is 0 Å². The number of carbonyl (C=O) groups excluding carboxylic acids is 1. The Morgan fingerprint density at radius 2 is 2.00 bits per heavy atom. The Morgan fingerprint density at radius 1 is 1.32 bits per heavy atom. The Kier molecular flexibility index (Phi) is 3.37. The SMILES string of the molecule is CC(=O)c1noc(Cc2ccccc2C(F)(F)F)n1. The molecule has 7 heteroatoms. The molecule has 0 fully saturated rings. The second-order valence-electron chi connectivity index (χ2n) is 3.90. The zero-order chi connectivity index (χ0) is 14.0. The molecule has 0 aliphatic heterocycles. The number of alkyl halides is 3. The third-order valence-electron chi connectivity index (χ3n) is 2.45. The normalized spacial score (nSPS) is 11.6. The summed E-state index contributed by atoms with van der Waals surface area (Å²) in [7, 11) is 0. The first-order valence-electron chi connectivity index (χ1n) is 5.36. The Morgan fingerprint density at radius 3 is 2.58 bits per heavy atom. The van der Waals surface area contributed by atoms with Crippen LogP contribution in [0.25, 0.3) is 0 Å². The van der Waals surface area contributed by atoms with Crippen molar-refractivity contribution in [3.05, 3.63) is 47.1 Å². The van der Waals surface area contributed by atoms with E-state index in [9.17, 15) is 18.0 Å². The second kappa shape index (κ2) is 4.83. The zero-order valence-corrected chi connectivity index (χ0v) is 9.86. The third kappa shape index (κ3) is 2.98. The molecule has 2 aromatic rings. The number of hydrogen-bond donors (Lipinski definition) is 0. The van der Waals surface area contributed by atoms with Gasteiger partial charge in [-0.15, -0.1) is 0 Å². The molecular weight excluding hydrogens is 261 g/mol. The number of nitrogens with zero attached hydrogens (tertiary/aromatic N) is 2. The first-order chi connectivity index (χ1) is 8.88. The quantitative estimate of drug-likeness (QED) is 0.805. The fraction of sp³-hybridized carbons (Fsp3) is 0.250. The predicted molar refractivity (Wildman–Crippen MR) is 58.6 cm³/mol. The Labute approximate surface area is 106 Å². The van der Waals surface area contributed by atoms with E-state index in [1.165, 1.54) is 25.1 Å². The number of Topliss-reactive ketones (excluding diaryl/α,β-unsaturated/α-hetero) is 1. The van der Waals surface area contributed by atoms with Crippen molar-refractivity contribution in [3.63, 3.8) is 0 Å². The molecule has 0 N–H and O–H groups in total. The lowest BCUT2D eigenvalue weighted by Crippen LogP contribution is -2.09. The molecule has 4 nitrogen and oxygen atoms in total. The van der Waals surface area contributed by atoms with Crippen molar-refractivity contribution in [1.29, 1.82) is 0 Å². The molecule has 0 bridgehead atoms. The highest BCUT2D eigenvalue weighted by molar-refractivity contribution is 5.89. The average Bonchev–Trinajstić information content (AvgIpc) is 2.77. The summed E-state index contributed by atoms with van der Waals surface area (Å²) in [5.74, 6) is -0.569. The van der Waals surface area contributed by atoms with E-state index in [-0.39, 0.29) is 23.7 Å². The van der Waals surface area contributed by atoms with E-state index in [4.69, 9.17) is 4.52 Å². The number of ketones is 1. The lowest BCUT2D eigenvalue weighted by atomic mass is 10.0. The van der Waals surface area contributed by atoms with Crippen LogP contribution in [0.3, 0.4) is 0 Å². The largest absolute Gasteiger partial charge is 0.416 e. The summed E-state index contributed by atoms with van der Waals surface area (Å²) in [6.45, 7) is 1.25. The number of aromatic nitrogens is 2. The summed E-state index contributed by atoms with van der Waals surface area (Å²) in [6, 6.07) is 5.12. The minimum Gasteiger partial charge on any atom is -0.339 e. The lowest BCUT2D eigenvalue weighted by Gasteiger charge is -2.10. The van der Waals surface area contributed by atoms with Gasteiger partial charge in [0.1, 0.15) is 0 Å². The highest BCUT2D eigenvalue weighted by Crippen LogP contribution is 2.32. The maximum atomic E-state index is 12.8.